The van der Waals surface area contributed by atoms with Crippen LogP contribution >= 0.6 is 15.9 Å². The molecule has 1 aromatic rings. The molecule has 1 amide bonds. The molecule has 0 bridgehead atoms. The van der Waals surface area contributed by atoms with Crippen molar-refractivity contribution in [2.24, 2.45) is 5.92 Å². The molecule has 0 spiro atoms. The van der Waals surface area contributed by atoms with Crippen LogP contribution in [0, 0.1) is 5.92 Å². The predicted molar refractivity (Wildman–Crippen MR) is 81.3 cm³/mol. The molecule has 21 heavy (non-hydrogen) atoms. The van der Waals surface area contributed by atoms with E-state index in [0.717, 1.165) is 35.8 Å². The summed E-state index contributed by atoms with van der Waals surface area (Å²) < 4.78 is 3.02. The molecule has 0 unspecified atom stereocenters. The Morgan fingerprint density at radius 2 is 1.90 bits per heavy atom. The number of carboxylic acid groups (broad SMARTS) is 1. The van der Waals surface area contributed by atoms with Crippen molar-refractivity contribution < 1.29 is 14.7 Å². The minimum atomic E-state index is -0.744. The summed E-state index contributed by atoms with van der Waals surface area (Å²) in [5.74, 6) is -0.471. The van der Waals surface area contributed by atoms with Crippen LogP contribution < -0.4 is 0 Å². The molecule has 1 N–H and O–H groups in total. The van der Waals surface area contributed by atoms with Crippen LogP contribution in [-0.4, -0.2) is 39.5 Å². The summed E-state index contributed by atoms with van der Waals surface area (Å²) in [5, 5.41) is 8.84. The maximum absolute atomic E-state index is 12.7. The Morgan fingerprint density at radius 1 is 1.24 bits per heavy atom. The zero-order valence-corrected chi connectivity index (χ0v) is 13.4. The Morgan fingerprint density at radius 3 is 2.48 bits per heavy atom. The first-order valence-electron chi connectivity index (χ1n) is 7.43. The molecule has 0 aromatic carbocycles. The van der Waals surface area contributed by atoms with Crippen LogP contribution in [0.15, 0.2) is 16.7 Å². The van der Waals surface area contributed by atoms with Crippen LogP contribution in [0.4, 0.5) is 0 Å². The number of aromatic nitrogens is 1. The number of carbonyl (C=O) groups is 2. The largest absolute Gasteiger partial charge is 0.481 e. The molecule has 2 heterocycles. The molecule has 1 saturated carbocycles. The third-order valence-corrected chi connectivity index (χ3v) is 4.77. The van der Waals surface area contributed by atoms with E-state index in [-0.39, 0.29) is 18.2 Å². The highest BCUT2D eigenvalue weighted by atomic mass is 79.9. The topological polar surface area (TPSA) is 62.5 Å². The van der Waals surface area contributed by atoms with Crippen molar-refractivity contribution in [1.29, 1.82) is 0 Å². The number of piperidine rings is 1. The second kappa shape index (κ2) is 5.83. The Kier molecular flexibility index (Phi) is 4.06. The number of aliphatic carboxylic acids is 1. The maximum Gasteiger partial charge on any atom is 0.303 e. The van der Waals surface area contributed by atoms with Crippen molar-refractivity contribution in [3.05, 3.63) is 22.4 Å². The summed E-state index contributed by atoms with van der Waals surface area (Å²) in [6.45, 7) is 1.31. The Balaban J connectivity index is 1.65. The van der Waals surface area contributed by atoms with Crippen molar-refractivity contribution in [3.8, 4) is 0 Å². The highest BCUT2D eigenvalue weighted by molar-refractivity contribution is 9.10. The molecule has 1 saturated heterocycles. The van der Waals surface area contributed by atoms with E-state index in [1.54, 1.807) is 0 Å². The van der Waals surface area contributed by atoms with E-state index in [1.165, 1.54) is 0 Å². The lowest BCUT2D eigenvalue weighted by Gasteiger charge is -2.31. The molecule has 114 valence electrons. The van der Waals surface area contributed by atoms with Crippen LogP contribution in [0.1, 0.15) is 48.6 Å². The lowest BCUT2D eigenvalue weighted by molar-refractivity contribution is -0.138. The smallest absolute Gasteiger partial charge is 0.303 e. The van der Waals surface area contributed by atoms with Crippen LogP contribution in [-0.2, 0) is 4.79 Å². The fourth-order valence-electron chi connectivity index (χ4n) is 3.02. The van der Waals surface area contributed by atoms with Gasteiger partial charge in [0, 0.05) is 36.2 Å². The van der Waals surface area contributed by atoms with Crippen LogP contribution in [0.5, 0.6) is 0 Å². The highest BCUT2D eigenvalue weighted by Gasteiger charge is 2.31. The van der Waals surface area contributed by atoms with Crippen LogP contribution in [0.2, 0.25) is 0 Å². The van der Waals surface area contributed by atoms with Gasteiger partial charge < -0.3 is 14.6 Å². The van der Waals surface area contributed by atoms with Crippen molar-refractivity contribution >= 4 is 27.8 Å². The molecule has 0 atom stereocenters. The van der Waals surface area contributed by atoms with Gasteiger partial charge in [-0.25, -0.2) is 0 Å². The molecule has 0 radical (unpaired) electrons. The van der Waals surface area contributed by atoms with E-state index < -0.39 is 5.97 Å². The van der Waals surface area contributed by atoms with Gasteiger partial charge in [-0.2, -0.15) is 0 Å². The quantitative estimate of drug-likeness (QED) is 0.903. The second-order valence-electron chi connectivity index (χ2n) is 6.02. The summed E-state index contributed by atoms with van der Waals surface area (Å²) >= 11 is 3.45. The first-order chi connectivity index (χ1) is 10.0. The van der Waals surface area contributed by atoms with Gasteiger partial charge in [-0.3, -0.25) is 9.59 Å². The monoisotopic (exact) mass is 354 g/mol. The highest BCUT2D eigenvalue weighted by Crippen LogP contribution is 2.38. The average Bonchev–Trinajstić information content (AvgIpc) is 3.21. The van der Waals surface area contributed by atoms with E-state index in [4.69, 9.17) is 5.11 Å². The minimum absolute atomic E-state index is 0.0707. The van der Waals surface area contributed by atoms with E-state index in [9.17, 15) is 9.59 Å². The lowest BCUT2D eigenvalue weighted by atomic mass is 9.93. The van der Waals surface area contributed by atoms with Gasteiger partial charge in [-0.15, -0.1) is 0 Å². The van der Waals surface area contributed by atoms with Crippen LogP contribution in [0.3, 0.4) is 0 Å². The third kappa shape index (κ3) is 3.31. The molecule has 6 heteroatoms. The SMILES string of the molecule is O=C(O)CC1CCN(C(=O)c2cc(Br)cn2C2CC2)CC1. The van der Waals surface area contributed by atoms with Crippen molar-refractivity contribution in [2.75, 3.05) is 13.1 Å². The molecule has 1 aliphatic heterocycles. The van der Waals surface area contributed by atoms with Gasteiger partial charge in [-0.05, 0) is 53.6 Å². The number of amides is 1. The molecular formula is C15H19BrN2O3. The number of rotatable bonds is 4. The number of likely N-dealkylation sites (tertiary alicyclic amines) is 1. The zero-order valence-electron chi connectivity index (χ0n) is 11.8. The van der Waals surface area contributed by atoms with Gasteiger partial charge in [0.1, 0.15) is 5.69 Å². The predicted octanol–water partition coefficient (Wildman–Crippen LogP) is 2.91. The molecule has 1 aliphatic carbocycles. The Hall–Kier alpha value is -1.30. The normalized spacial score (nSPS) is 19.8. The first kappa shape index (κ1) is 14.6. The molecular weight excluding hydrogens is 336 g/mol. The summed E-state index contributed by atoms with van der Waals surface area (Å²) in [5.41, 5.74) is 0.751. The van der Waals surface area contributed by atoms with E-state index in [1.807, 2.05) is 17.2 Å². The fourth-order valence-corrected chi connectivity index (χ4v) is 3.46. The second-order valence-corrected chi connectivity index (χ2v) is 6.93. The standard InChI is InChI=1S/C15H19BrN2O3/c16-11-8-13(18(9-11)12-1-2-12)15(21)17-5-3-10(4-6-17)7-14(19)20/h8-10,12H,1-7H2,(H,19,20). The van der Waals surface area contributed by atoms with Crippen LogP contribution in [0.25, 0.3) is 0 Å². The Bertz CT molecular complexity index is 557. The summed E-state index contributed by atoms with van der Waals surface area (Å²) in [4.78, 5) is 25.3. The molecule has 5 nitrogen and oxygen atoms in total. The van der Waals surface area contributed by atoms with Crippen molar-refractivity contribution in [2.45, 2.75) is 38.1 Å². The number of hydrogen-bond acceptors (Lipinski definition) is 2. The van der Waals surface area contributed by atoms with Gasteiger partial charge in [0.15, 0.2) is 0 Å². The summed E-state index contributed by atoms with van der Waals surface area (Å²) in [6.07, 6.45) is 6.05. The maximum atomic E-state index is 12.7. The molecule has 2 aliphatic rings. The third-order valence-electron chi connectivity index (χ3n) is 4.34. The molecule has 3 rings (SSSR count). The summed E-state index contributed by atoms with van der Waals surface area (Å²) in [6, 6.07) is 2.36. The van der Waals surface area contributed by atoms with Gasteiger partial charge in [-0.1, -0.05) is 0 Å². The van der Waals surface area contributed by atoms with E-state index in [2.05, 4.69) is 20.5 Å². The van der Waals surface area contributed by atoms with E-state index >= 15 is 0 Å². The van der Waals surface area contributed by atoms with Crippen molar-refractivity contribution in [3.63, 3.8) is 0 Å². The zero-order chi connectivity index (χ0) is 15.0. The number of halogens is 1. The summed E-state index contributed by atoms with van der Waals surface area (Å²) in [7, 11) is 0. The first-order valence-corrected chi connectivity index (χ1v) is 8.22. The molecule has 2 fully saturated rings. The number of carbonyl (C=O) groups excluding carboxylic acids is 1. The average molecular weight is 355 g/mol. The van der Waals surface area contributed by atoms with Gasteiger partial charge in [0.25, 0.3) is 5.91 Å². The van der Waals surface area contributed by atoms with Crippen molar-refractivity contribution in [1.82, 2.24) is 9.47 Å². The number of hydrogen-bond donors (Lipinski definition) is 1. The Labute approximate surface area is 132 Å². The van der Waals surface area contributed by atoms with Gasteiger partial charge in [0.2, 0.25) is 0 Å². The minimum Gasteiger partial charge on any atom is -0.481 e. The van der Waals surface area contributed by atoms with Gasteiger partial charge in [0.05, 0.1) is 0 Å². The lowest BCUT2D eigenvalue weighted by Crippen LogP contribution is -2.39. The van der Waals surface area contributed by atoms with E-state index in [0.29, 0.717) is 19.1 Å². The number of carboxylic acids is 1. The fraction of sp³-hybridized carbons (Fsp3) is 0.600. The van der Waals surface area contributed by atoms with Gasteiger partial charge >= 0.3 is 5.97 Å². The molecule has 1 aromatic heterocycles. The number of nitrogens with zero attached hydrogens (tertiary/aromatic N) is 2.